The molecule has 0 atom stereocenters. The molecule has 6 nitrogen and oxygen atoms in total. The molecular formula is C10H13BrN2O4S. The Bertz CT molecular complexity index is 545. The zero-order valence-corrected chi connectivity index (χ0v) is 12.3. The van der Waals surface area contributed by atoms with Crippen molar-refractivity contribution in [3.63, 3.8) is 0 Å². The van der Waals surface area contributed by atoms with Gasteiger partial charge in [-0.1, -0.05) is 0 Å². The van der Waals surface area contributed by atoms with Crippen LogP contribution in [0.1, 0.15) is 0 Å². The van der Waals surface area contributed by atoms with Crippen LogP contribution in [0.2, 0.25) is 0 Å². The maximum absolute atomic E-state index is 11.5. The van der Waals surface area contributed by atoms with Gasteiger partial charge in [0.2, 0.25) is 15.9 Å². The number of hydrogen-bond acceptors (Lipinski definition) is 4. The maximum atomic E-state index is 11.5. The van der Waals surface area contributed by atoms with Crippen LogP contribution in [0.25, 0.3) is 0 Å². The molecule has 8 heteroatoms. The number of carbonyl (C=O) groups excluding carboxylic acids is 1. The number of ether oxygens (including phenoxy) is 1. The molecule has 0 fully saturated rings. The summed E-state index contributed by atoms with van der Waals surface area (Å²) in [4.78, 5) is 11.5. The highest BCUT2D eigenvalue weighted by molar-refractivity contribution is 9.10. The Morgan fingerprint density at radius 2 is 2.11 bits per heavy atom. The van der Waals surface area contributed by atoms with E-state index in [1.807, 2.05) is 0 Å². The lowest BCUT2D eigenvalue weighted by Crippen LogP contribution is -2.30. The third-order valence-corrected chi connectivity index (χ3v) is 4.00. The van der Waals surface area contributed by atoms with Gasteiger partial charge in [-0.2, -0.15) is 0 Å². The third kappa shape index (κ3) is 4.28. The molecule has 0 aliphatic rings. The quantitative estimate of drug-likeness (QED) is 0.838. The van der Waals surface area contributed by atoms with Gasteiger partial charge in [-0.3, -0.25) is 4.79 Å². The molecule has 0 aliphatic heterocycles. The van der Waals surface area contributed by atoms with Crippen molar-refractivity contribution in [2.24, 2.45) is 0 Å². The zero-order valence-electron chi connectivity index (χ0n) is 9.86. The summed E-state index contributed by atoms with van der Waals surface area (Å²) in [6, 6.07) is 4.95. The Balaban J connectivity index is 2.77. The standard InChI is InChI=1S/C10H13BrN2O4S/c1-12-18(15,16)6-10(14)13-9-4-3-7(17-2)5-8(9)11/h3-5,12H,6H2,1-2H3,(H,13,14). The number of hydrogen-bond donors (Lipinski definition) is 2. The first kappa shape index (κ1) is 14.9. The van der Waals surface area contributed by atoms with E-state index in [4.69, 9.17) is 4.74 Å². The van der Waals surface area contributed by atoms with Gasteiger partial charge < -0.3 is 10.1 Å². The molecule has 2 N–H and O–H groups in total. The summed E-state index contributed by atoms with van der Waals surface area (Å²) in [5.74, 6) is -0.611. The SMILES string of the molecule is CNS(=O)(=O)CC(=O)Nc1ccc(OC)cc1Br. The molecular weight excluding hydrogens is 324 g/mol. The monoisotopic (exact) mass is 336 g/mol. The highest BCUT2D eigenvalue weighted by Crippen LogP contribution is 2.26. The Morgan fingerprint density at radius 3 is 2.61 bits per heavy atom. The Hall–Kier alpha value is -1.12. The van der Waals surface area contributed by atoms with Crippen molar-refractivity contribution in [3.05, 3.63) is 22.7 Å². The first-order valence-electron chi connectivity index (χ1n) is 4.92. The van der Waals surface area contributed by atoms with Crippen LogP contribution >= 0.6 is 15.9 Å². The number of anilines is 1. The first-order valence-corrected chi connectivity index (χ1v) is 7.37. The lowest BCUT2D eigenvalue weighted by atomic mass is 10.3. The van der Waals surface area contributed by atoms with Gasteiger partial charge in [0.15, 0.2) is 0 Å². The summed E-state index contributed by atoms with van der Waals surface area (Å²) in [6.07, 6.45) is 0. The van der Waals surface area contributed by atoms with Crippen LogP contribution in [-0.4, -0.2) is 34.2 Å². The largest absolute Gasteiger partial charge is 0.497 e. The van der Waals surface area contributed by atoms with E-state index in [-0.39, 0.29) is 0 Å². The van der Waals surface area contributed by atoms with Crippen LogP contribution in [0.15, 0.2) is 22.7 Å². The van der Waals surface area contributed by atoms with Crippen LogP contribution in [0.5, 0.6) is 5.75 Å². The first-order chi connectivity index (χ1) is 8.38. The Labute approximate surface area is 114 Å². The number of rotatable bonds is 5. The van der Waals surface area contributed by atoms with E-state index in [0.717, 1.165) is 0 Å². The molecule has 1 amide bonds. The number of carbonyl (C=O) groups is 1. The molecule has 0 unspecified atom stereocenters. The van der Waals surface area contributed by atoms with E-state index < -0.39 is 21.7 Å². The molecule has 0 spiro atoms. The molecule has 1 aromatic rings. The minimum Gasteiger partial charge on any atom is -0.497 e. The van der Waals surface area contributed by atoms with Crippen LogP contribution in [-0.2, 0) is 14.8 Å². The summed E-state index contributed by atoms with van der Waals surface area (Å²) in [5, 5.41) is 2.49. The second-order valence-corrected chi connectivity index (χ2v) is 6.14. The van der Waals surface area contributed by atoms with E-state index in [2.05, 4.69) is 26.0 Å². The molecule has 18 heavy (non-hydrogen) atoms. The highest BCUT2D eigenvalue weighted by Gasteiger charge is 2.15. The van der Waals surface area contributed by atoms with E-state index in [0.29, 0.717) is 15.9 Å². The van der Waals surface area contributed by atoms with Gasteiger partial charge in [-0.15, -0.1) is 0 Å². The minimum absolute atomic E-state index is 0.479. The molecule has 0 heterocycles. The average Bonchev–Trinajstić information content (AvgIpc) is 2.31. The number of nitrogens with one attached hydrogen (secondary N) is 2. The lowest BCUT2D eigenvalue weighted by Gasteiger charge is -2.09. The fourth-order valence-corrected chi connectivity index (χ4v) is 2.17. The van der Waals surface area contributed by atoms with Gasteiger partial charge in [0.1, 0.15) is 11.5 Å². The lowest BCUT2D eigenvalue weighted by molar-refractivity contribution is -0.113. The van der Waals surface area contributed by atoms with Crippen LogP contribution in [0.4, 0.5) is 5.69 Å². The van der Waals surface area contributed by atoms with Gasteiger partial charge in [-0.05, 0) is 41.2 Å². The van der Waals surface area contributed by atoms with Crippen molar-refractivity contribution in [2.45, 2.75) is 0 Å². The fourth-order valence-electron chi connectivity index (χ4n) is 1.16. The number of methoxy groups -OCH3 is 1. The van der Waals surface area contributed by atoms with Crippen LogP contribution < -0.4 is 14.8 Å². The number of sulfonamides is 1. The van der Waals surface area contributed by atoms with Crippen LogP contribution in [0, 0.1) is 0 Å². The summed E-state index contributed by atoms with van der Waals surface area (Å²) >= 11 is 3.25. The third-order valence-electron chi connectivity index (χ3n) is 2.08. The summed E-state index contributed by atoms with van der Waals surface area (Å²) in [7, 11) is -0.783. The predicted molar refractivity (Wildman–Crippen MR) is 72.2 cm³/mol. The van der Waals surface area contributed by atoms with Gasteiger partial charge in [0.05, 0.1) is 12.8 Å². The van der Waals surface area contributed by atoms with Crippen LogP contribution in [0.3, 0.4) is 0 Å². The molecule has 0 aromatic heterocycles. The smallest absolute Gasteiger partial charge is 0.241 e. The average molecular weight is 337 g/mol. The molecule has 0 saturated carbocycles. The summed E-state index contributed by atoms with van der Waals surface area (Å²) in [5.41, 5.74) is 0.479. The fraction of sp³-hybridized carbons (Fsp3) is 0.300. The van der Waals surface area contributed by atoms with Crippen molar-refractivity contribution in [2.75, 3.05) is 25.2 Å². The van der Waals surface area contributed by atoms with Crippen molar-refractivity contribution in [1.29, 1.82) is 0 Å². The van der Waals surface area contributed by atoms with Crippen molar-refractivity contribution in [1.82, 2.24) is 4.72 Å². The van der Waals surface area contributed by atoms with Crippen molar-refractivity contribution >= 4 is 37.5 Å². The number of benzene rings is 1. The van der Waals surface area contributed by atoms with Crippen molar-refractivity contribution in [3.8, 4) is 5.75 Å². The van der Waals surface area contributed by atoms with Gasteiger partial charge in [-0.25, -0.2) is 13.1 Å². The predicted octanol–water partition coefficient (Wildman–Crippen LogP) is 0.945. The summed E-state index contributed by atoms with van der Waals surface area (Å²) in [6.45, 7) is 0. The summed E-state index contributed by atoms with van der Waals surface area (Å²) < 4.78 is 30.0. The molecule has 0 bridgehead atoms. The van der Waals surface area contributed by atoms with E-state index in [9.17, 15) is 13.2 Å². The van der Waals surface area contributed by atoms with E-state index >= 15 is 0 Å². The van der Waals surface area contributed by atoms with Gasteiger partial charge in [0, 0.05) is 4.47 Å². The highest BCUT2D eigenvalue weighted by atomic mass is 79.9. The normalized spacial score (nSPS) is 11.1. The topological polar surface area (TPSA) is 84.5 Å². The number of amides is 1. The number of halogens is 1. The Morgan fingerprint density at radius 1 is 1.44 bits per heavy atom. The van der Waals surface area contributed by atoms with Gasteiger partial charge in [0.25, 0.3) is 0 Å². The second kappa shape index (κ2) is 6.17. The van der Waals surface area contributed by atoms with E-state index in [1.165, 1.54) is 14.2 Å². The molecule has 0 radical (unpaired) electrons. The molecule has 0 aliphatic carbocycles. The maximum Gasteiger partial charge on any atom is 0.241 e. The molecule has 1 rings (SSSR count). The molecule has 1 aromatic carbocycles. The second-order valence-electron chi connectivity index (χ2n) is 3.36. The van der Waals surface area contributed by atoms with Gasteiger partial charge >= 0.3 is 0 Å². The van der Waals surface area contributed by atoms with E-state index in [1.54, 1.807) is 18.2 Å². The zero-order chi connectivity index (χ0) is 13.8. The molecule has 100 valence electrons. The minimum atomic E-state index is -3.57. The van der Waals surface area contributed by atoms with Crippen molar-refractivity contribution < 1.29 is 17.9 Å². The Kier molecular flexibility index (Phi) is 5.12. The molecule has 0 saturated heterocycles.